The van der Waals surface area contributed by atoms with Gasteiger partial charge in [0.2, 0.25) is 5.88 Å². The molecular weight excluding hydrogens is 200 g/mol. The maximum absolute atomic E-state index is 5.40. The molecule has 2 aromatic rings. The average Bonchev–Trinajstić information content (AvgIpc) is 2.21. The Morgan fingerprint density at radius 2 is 1.71 bits per heavy atom. The lowest BCUT2D eigenvalue weighted by molar-refractivity contribution is 0.455. The maximum atomic E-state index is 5.40. The van der Waals surface area contributed by atoms with E-state index in [1.54, 1.807) is 18.3 Å². The average molecular weight is 209 g/mol. The smallest absolute Gasteiger partial charge is 0.238 e. The lowest BCUT2D eigenvalue weighted by Gasteiger charge is -2.01. The third-order valence-electron chi connectivity index (χ3n) is 1.51. The zero-order valence-electron chi connectivity index (χ0n) is 7.33. The number of para-hydroxylation sites is 1. The molecule has 0 radical (unpaired) electrons. The van der Waals surface area contributed by atoms with E-state index < -0.39 is 0 Å². The Kier molecular flexibility index (Phi) is 3.88. The molecular formula is C10H9ClN2O. The van der Waals surface area contributed by atoms with E-state index >= 15 is 0 Å². The Morgan fingerprint density at radius 1 is 0.929 bits per heavy atom. The van der Waals surface area contributed by atoms with Crippen LogP contribution in [-0.4, -0.2) is 10.2 Å². The van der Waals surface area contributed by atoms with Crippen molar-refractivity contribution in [2.24, 2.45) is 0 Å². The number of benzene rings is 1. The predicted molar refractivity (Wildman–Crippen MR) is 55.8 cm³/mol. The molecule has 0 bridgehead atoms. The SMILES string of the molecule is Cl.c1ccc(Oc2cccnn2)cc1. The first-order valence-corrected chi connectivity index (χ1v) is 3.96. The summed E-state index contributed by atoms with van der Waals surface area (Å²) in [6.07, 6.45) is 1.61. The molecule has 0 aliphatic rings. The molecule has 0 saturated heterocycles. The molecule has 14 heavy (non-hydrogen) atoms. The Hall–Kier alpha value is -1.61. The Balaban J connectivity index is 0.000000980. The number of aromatic nitrogens is 2. The molecule has 0 aliphatic carbocycles. The Bertz CT molecular complexity index is 329. The minimum atomic E-state index is 0. The maximum Gasteiger partial charge on any atom is 0.238 e. The molecule has 0 amide bonds. The van der Waals surface area contributed by atoms with Gasteiger partial charge in [0.05, 0.1) is 0 Å². The van der Waals surface area contributed by atoms with Crippen LogP contribution in [0.2, 0.25) is 0 Å². The first-order chi connectivity index (χ1) is 6.45. The van der Waals surface area contributed by atoms with E-state index in [2.05, 4.69) is 10.2 Å². The van der Waals surface area contributed by atoms with E-state index in [0.29, 0.717) is 5.88 Å². The van der Waals surface area contributed by atoms with E-state index in [1.165, 1.54) is 0 Å². The summed E-state index contributed by atoms with van der Waals surface area (Å²) in [5.41, 5.74) is 0. The molecule has 0 aliphatic heterocycles. The topological polar surface area (TPSA) is 35.0 Å². The molecule has 72 valence electrons. The Morgan fingerprint density at radius 3 is 2.36 bits per heavy atom. The zero-order chi connectivity index (χ0) is 8.93. The monoisotopic (exact) mass is 208 g/mol. The summed E-state index contributed by atoms with van der Waals surface area (Å²) < 4.78 is 5.40. The van der Waals surface area contributed by atoms with Gasteiger partial charge in [0.15, 0.2) is 0 Å². The van der Waals surface area contributed by atoms with Crippen LogP contribution >= 0.6 is 12.4 Å². The highest BCUT2D eigenvalue weighted by Gasteiger charge is 1.94. The second-order valence-corrected chi connectivity index (χ2v) is 2.48. The minimum Gasteiger partial charge on any atom is -0.438 e. The molecule has 1 aromatic carbocycles. The van der Waals surface area contributed by atoms with Crippen LogP contribution in [-0.2, 0) is 0 Å². The second kappa shape index (κ2) is 5.19. The molecule has 3 nitrogen and oxygen atoms in total. The van der Waals surface area contributed by atoms with Crippen molar-refractivity contribution >= 4 is 12.4 Å². The lowest BCUT2D eigenvalue weighted by atomic mass is 10.3. The number of nitrogens with zero attached hydrogens (tertiary/aromatic N) is 2. The number of hydrogen-bond acceptors (Lipinski definition) is 3. The van der Waals surface area contributed by atoms with Gasteiger partial charge in [0, 0.05) is 12.3 Å². The molecule has 0 N–H and O–H groups in total. The second-order valence-electron chi connectivity index (χ2n) is 2.48. The number of ether oxygens (including phenoxy) is 1. The predicted octanol–water partition coefficient (Wildman–Crippen LogP) is 2.69. The third-order valence-corrected chi connectivity index (χ3v) is 1.51. The first kappa shape index (κ1) is 10.5. The van der Waals surface area contributed by atoms with Gasteiger partial charge in [-0.3, -0.25) is 0 Å². The van der Waals surface area contributed by atoms with Crippen molar-refractivity contribution in [2.45, 2.75) is 0 Å². The fraction of sp³-hybridized carbons (Fsp3) is 0. The zero-order valence-corrected chi connectivity index (χ0v) is 8.15. The molecule has 4 heteroatoms. The fourth-order valence-electron chi connectivity index (χ4n) is 0.951. The Labute approximate surface area is 88.2 Å². The van der Waals surface area contributed by atoms with Crippen LogP contribution < -0.4 is 4.74 Å². The van der Waals surface area contributed by atoms with Crippen LogP contribution in [0.1, 0.15) is 0 Å². The largest absolute Gasteiger partial charge is 0.438 e. The summed E-state index contributed by atoms with van der Waals surface area (Å²) in [7, 11) is 0. The number of hydrogen-bond donors (Lipinski definition) is 0. The highest BCUT2D eigenvalue weighted by Crippen LogP contribution is 2.16. The summed E-state index contributed by atoms with van der Waals surface area (Å²) in [5, 5.41) is 7.51. The van der Waals surface area contributed by atoms with Crippen molar-refractivity contribution in [3.63, 3.8) is 0 Å². The van der Waals surface area contributed by atoms with Crippen LogP contribution in [0.5, 0.6) is 11.6 Å². The molecule has 1 heterocycles. The van der Waals surface area contributed by atoms with E-state index in [9.17, 15) is 0 Å². The van der Waals surface area contributed by atoms with E-state index in [4.69, 9.17) is 4.74 Å². The van der Waals surface area contributed by atoms with Gasteiger partial charge in [-0.05, 0) is 18.2 Å². The molecule has 0 atom stereocenters. The standard InChI is InChI=1S/C10H8N2O.ClH/c1-2-5-9(6-3-1)13-10-7-4-8-11-12-10;/h1-8H;1H. The summed E-state index contributed by atoms with van der Waals surface area (Å²) in [6, 6.07) is 13.0. The number of rotatable bonds is 2. The van der Waals surface area contributed by atoms with Crippen molar-refractivity contribution < 1.29 is 4.74 Å². The van der Waals surface area contributed by atoms with E-state index in [0.717, 1.165) is 5.75 Å². The molecule has 0 unspecified atom stereocenters. The van der Waals surface area contributed by atoms with Crippen molar-refractivity contribution in [3.8, 4) is 11.6 Å². The van der Waals surface area contributed by atoms with Gasteiger partial charge >= 0.3 is 0 Å². The molecule has 2 rings (SSSR count). The van der Waals surface area contributed by atoms with Gasteiger partial charge in [-0.2, -0.15) is 5.10 Å². The summed E-state index contributed by atoms with van der Waals surface area (Å²) in [6.45, 7) is 0. The van der Waals surface area contributed by atoms with Crippen LogP contribution in [0.4, 0.5) is 0 Å². The van der Waals surface area contributed by atoms with Gasteiger partial charge in [-0.1, -0.05) is 18.2 Å². The summed E-state index contributed by atoms with van der Waals surface area (Å²) >= 11 is 0. The van der Waals surface area contributed by atoms with Crippen LogP contribution in [0.25, 0.3) is 0 Å². The van der Waals surface area contributed by atoms with E-state index in [-0.39, 0.29) is 12.4 Å². The number of halogens is 1. The van der Waals surface area contributed by atoms with Crippen molar-refractivity contribution in [1.82, 2.24) is 10.2 Å². The highest BCUT2D eigenvalue weighted by molar-refractivity contribution is 5.85. The first-order valence-electron chi connectivity index (χ1n) is 3.96. The molecule has 1 aromatic heterocycles. The van der Waals surface area contributed by atoms with Gasteiger partial charge in [-0.25, -0.2) is 0 Å². The van der Waals surface area contributed by atoms with Gasteiger partial charge in [0.1, 0.15) is 5.75 Å². The lowest BCUT2D eigenvalue weighted by Crippen LogP contribution is -1.87. The van der Waals surface area contributed by atoms with Gasteiger partial charge in [0.25, 0.3) is 0 Å². The molecule has 0 fully saturated rings. The van der Waals surface area contributed by atoms with Gasteiger partial charge < -0.3 is 4.74 Å². The van der Waals surface area contributed by atoms with Crippen molar-refractivity contribution in [1.29, 1.82) is 0 Å². The van der Waals surface area contributed by atoms with E-state index in [1.807, 2.05) is 30.3 Å². The van der Waals surface area contributed by atoms with Crippen molar-refractivity contribution in [2.75, 3.05) is 0 Å². The van der Waals surface area contributed by atoms with Crippen LogP contribution in [0, 0.1) is 0 Å². The summed E-state index contributed by atoms with van der Waals surface area (Å²) in [5.74, 6) is 1.27. The molecule has 0 saturated carbocycles. The highest BCUT2D eigenvalue weighted by atomic mass is 35.5. The summed E-state index contributed by atoms with van der Waals surface area (Å²) in [4.78, 5) is 0. The fourth-order valence-corrected chi connectivity index (χ4v) is 0.951. The normalized spacial score (nSPS) is 8.86. The van der Waals surface area contributed by atoms with Crippen LogP contribution in [0.15, 0.2) is 48.7 Å². The minimum absolute atomic E-state index is 0. The van der Waals surface area contributed by atoms with Crippen LogP contribution in [0.3, 0.4) is 0 Å². The van der Waals surface area contributed by atoms with Crippen molar-refractivity contribution in [3.05, 3.63) is 48.7 Å². The third kappa shape index (κ3) is 2.71. The van der Waals surface area contributed by atoms with Gasteiger partial charge in [-0.15, -0.1) is 17.5 Å². The quantitative estimate of drug-likeness (QED) is 0.761. The molecule has 0 spiro atoms.